The molecule has 1 aromatic carbocycles. The molecule has 2 rings (SSSR count). The van der Waals surface area contributed by atoms with Gasteiger partial charge in [-0.15, -0.1) is 0 Å². The van der Waals surface area contributed by atoms with E-state index in [1.807, 2.05) is 30.3 Å². The van der Waals surface area contributed by atoms with E-state index < -0.39 is 0 Å². The highest BCUT2D eigenvalue weighted by atomic mass is 16.5. The van der Waals surface area contributed by atoms with E-state index in [0.29, 0.717) is 6.42 Å². The van der Waals surface area contributed by atoms with Crippen LogP contribution in [0.25, 0.3) is 0 Å². The Labute approximate surface area is 84.5 Å². The smallest absolute Gasteiger partial charge is 0.0842 e. The van der Waals surface area contributed by atoms with Crippen LogP contribution in [0.4, 0.5) is 0 Å². The molecule has 2 nitrogen and oxygen atoms in total. The molecule has 0 aliphatic carbocycles. The Morgan fingerprint density at radius 1 is 1.36 bits per heavy atom. The highest BCUT2D eigenvalue weighted by Crippen LogP contribution is 2.18. The molecule has 1 heterocycles. The number of ether oxygens (including phenoxy) is 1. The van der Waals surface area contributed by atoms with Gasteiger partial charge in [0.05, 0.1) is 12.2 Å². The molecular weight excluding hydrogens is 176 g/mol. The number of aliphatic hydroxyl groups excluding tert-OH is 1. The van der Waals surface area contributed by atoms with Crippen LogP contribution in [0.2, 0.25) is 0 Å². The van der Waals surface area contributed by atoms with Gasteiger partial charge in [-0.05, 0) is 18.4 Å². The Balaban J connectivity index is 1.90. The summed E-state index contributed by atoms with van der Waals surface area (Å²) in [6, 6.07) is 10.1. The SMILES string of the molecule is O[C@H](Cc1ccccc1)C1CCCO1. The maximum absolute atomic E-state index is 9.88. The molecule has 1 aromatic rings. The first-order chi connectivity index (χ1) is 6.86. The molecule has 1 N–H and O–H groups in total. The van der Waals surface area contributed by atoms with Crippen LogP contribution >= 0.6 is 0 Å². The van der Waals surface area contributed by atoms with Crippen LogP contribution in [0.1, 0.15) is 18.4 Å². The third-order valence-corrected chi connectivity index (χ3v) is 2.68. The van der Waals surface area contributed by atoms with Gasteiger partial charge in [0.2, 0.25) is 0 Å². The molecule has 14 heavy (non-hydrogen) atoms. The van der Waals surface area contributed by atoms with E-state index >= 15 is 0 Å². The summed E-state index contributed by atoms with van der Waals surface area (Å²) in [6.45, 7) is 0.802. The quantitative estimate of drug-likeness (QED) is 0.791. The fourth-order valence-corrected chi connectivity index (χ4v) is 1.89. The lowest BCUT2D eigenvalue weighted by Crippen LogP contribution is -2.27. The predicted molar refractivity (Wildman–Crippen MR) is 55.1 cm³/mol. The third kappa shape index (κ3) is 2.34. The molecule has 1 saturated heterocycles. The monoisotopic (exact) mass is 192 g/mol. The summed E-state index contributed by atoms with van der Waals surface area (Å²) >= 11 is 0. The minimum atomic E-state index is -0.347. The zero-order valence-corrected chi connectivity index (χ0v) is 8.23. The summed E-state index contributed by atoms with van der Waals surface area (Å²) < 4.78 is 5.44. The molecule has 1 unspecified atom stereocenters. The average Bonchev–Trinajstić information content (AvgIpc) is 2.72. The summed E-state index contributed by atoms with van der Waals surface area (Å²) in [5.41, 5.74) is 1.18. The summed E-state index contributed by atoms with van der Waals surface area (Å²) in [7, 11) is 0. The van der Waals surface area contributed by atoms with E-state index in [1.165, 1.54) is 5.56 Å². The lowest BCUT2D eigenvalue weighted by Gasteiger charge is -2.17. The van der Waals surface area contributed by atoms with Gasteiger partial charge in [0.1, 0.15) is 0 Å². The maximum Gasteiger partial charge on any atom is 0.0842 e. The molecule has 0 spiro atoms. The van der Waals surface area contributed by atoms with E-state index in [2.05, 4.69) is 0 Å². The number of rotatable bonds is 3. The Morgan fingerprint density at radius 3 is 2.79 bits per heavy atom. The second-order valence-electron chi connectivity index (χ2n) is 3.81. The van der Waals surface area contributed by atoms with Gasteiger partial charge in [-0.3, -0.25) is 0 Å². The van der Waals surface area contributed by atoms with Gasteiger partial charge in [-0.2, -0.15) is 0 Å². The Kier molecular flexibility index (Phi) is 3.17. The molecule has 0 bridgehead atoms. The summed E-state index contributed by atoms with van der Waals surface area (Å²) in [5, 5.41) is 9.88. The highest BCUT2D eigenvalue weighted by molar-refractivity contribution is 5.15. The van der Waals surface area contributed by atoms with E-state index in [9.17, 15) is 5.11 Å². The molecule has 0 aromatic heterocycles. The summed E-state index contributed by atoms with van der Waals surface area (Å²) in [5.74, 6) is 0. The maximum atomic E-state index is 9.88. The number of benzene rings is 1. The van der Waals surface area contributed by atoms with Gasteiger partial charge in [-0.25, -0.2) is 0 Å². The second kappa shape index (κ2) is 4.58. The number of hydrogen-bond donors (Lipinski definition) is 1. The van der Waals surface area contributed by atoms with E-state index in [0.717, 1.165) is 19.4 Å². The van der Waals surface area contributed by atoms with Gasteiger partial charge in [0.15, 0.2) is 0 Å². The van der Waals surface area contributed by atoms with Crippen LogP contribution in [0.3, 0.4) is 0 Å². The van der Waals surface area contributed by atoms with Crippen molar-refractivity contribution in [3.05, 3.63) is 35.9 Å². The zero-order chi connectivity index (χ0) is 9.80. The Hall–Kier alpha value is -0.860. The van der Waals surface area contributed by atoms with Crippen LogP contribution in [0, 0.1) is 0 Å². The highest BCUT2D eigenvalue weighted by Gasteiger charge is 2.23. The van der Waals surface area contributed by atoms with Crippen LogP contribution in [0.15, 0.2) is 30.3 Å². The predicted octanol–water partition coefficient (Wildman–Crippen LogP) is 1.77. The summed E-state index contributed by atoms with van der Waals surface area (Å²) in [4.78, 5) is 0. The fourth-order valence-electron chi connectivity index (χ4n) is 1.89. The molecule has 0 saturated carbocycles. The van der Waals surface area contributed by atoms with Crippen LogP contribution in [0.5, 0.6) is 0 Å². The Morgan fingerprint density at radius 2 is 2.14 bits per heavy atom. The lowest BCUT2D eigenvalue weighted by atomic mass is 10.0. The van der Waals surface area contributed by atoms with Crippen molar-refractivity contribution in [3.63, 3.8) is 0 Å². The van der Waals surface area contributed by atoms with Crippen molar-refractivity contribution in [3.8, 4) is 0 Å². The topological polar surface area (TPSA) is 29.5 Å². The molecule has 0 amide bonds. The van der Waals surface area contributed by atoms with Crippen molar-refractivity contribution >= 4 is 0 Å². The second-order valence-corrected chi connectivity index (χ2v) is 3.81. The van der Waals surface area contributed by atoms with Crippen LogP contribution in [-0.2, 0) is 11.2 Å². The minimum absolute atomic E-state index is 0.0511. The molecule has 1 aliphatic heterocycles. The van der Waals surface area contributed by atoms with Gasteiger partial charge in [0, 0.05) is 13.0 Å². The minimum Gasteiger partial charge on any atom is -0.390 e. The van der Waals surface area contributed by atoms with Crippen LogP contribution in [-0.4, -0.2) is 23.9 Å². The Bertz CT molecular complexity index is 265. The summed E-state index contributed by atoms with van der Waals surface area (Å²) in [6.07, 6.45) is 2.48. The molecular formula is C12H16O2. The molecule has 2 heteroatoms. The first-order valence-corrected chi connectivity index (χ1v) is 5.20. The lowest BCUT2D eigenvalue weighted by molar-refractivity contribution is -0.000771. The van der Waals surface area contributed by atoms with E-state index in [1.54, 1.807) is 0 Å². The fraction of sp³-hybridized carbons (Fsp3) is 0.500. The van der Waals surface area contributed by atoms with Gasteiger partial charge < -0.3 is 9.84 Å². The van der Waals surface area contributed by atoms with Crippen molar-refractivity contribution in [2.75, 3.05) is 6.61 Å². The third-order valence-electron chi connectivity index (χ3n) is 2.68. The van der Waals surface area contributed by atoms with Crippen molar-refractivity contribution < 1.29 is 9.84 Å². The largest absolute Gasteiger partial charge is 0.390 e. The first kappa shape index (κ1) is 9.69. The van der Waals surface area contributed by atoms with Gasteiger partial charge in [-0.1, -0.05) is 30.3 Å². The van der Waals surface area contributed by atoms with E-state index in [-0.39, 0.29) is 12.2 Å². The van der Waals surface area contributed by atoms with Crippen molar-refractivity contribution in [2.45, 2.75) is 31.5 Å². The standard InChI is InChI=1S/C12H16O2/c13-11(12-7-4-8-14-12)9-10-5-2-1-3-6-10/h1-3,5-6,11-13H,4,7-9H2/t11-,12?/m1/s1. The molecule has 1 aliphatic rings. The van der Waals surface area contributed by atoms with Crippen molar-refractivity contribution in [1.82, 2.24) is 0 Å². The number of aliphatic hydroxyl groups is 1. The van der Waals surface area contributed by atoms with Crippen molar-refractivity contribution in [2.24, 2.45) is 0 Å². The zero-order valence-electron chi connectivity index (χ0n) is 8.23. The first-order valence-electron chi connectivity index (χ1n) is 5.20. The molecule has 2 atom stereocenters. The average molecular weight is 192 g/mol. The van der Waals surface area contributed by atoms with Gasteiger partial charge in [0.25, 0.3) is 0 Å². The molecule has 0 radical (unpaired) electrons. The number of hydrogen-bond acceptors (Lipinski definition) is 2. The van der Waals surface area contributed by atoms with Crippen molar-refractivity contribution in [1.29, 1.82) is 0 Å². The van der Waals surface area contributed by atoms with Gasteiger partial charge >= 0.3 is 0 Å². The normalized spacial score (nSPS) is 23.6. The molecule has 76 valence electrons. The van der Waals surface area contributed by atoms with Crippen LogP contribution < -0.4 is 0 Å². The van der Waals surface area contributed by atoms with E-state index in [4.69, 9.17) is 4.74 Å². The molecule has 1 fully saturated rings.